The minimum Gasteiger partial charge on any atom is -0.444 e. The van der Waals surface area contributed by atoms with Crippen LogP contribution in [0.2, 0.25) is 0 Å². The summed E-state index contributed by atoms with van der Waals surface area (Å²) in [4.78, 5) is 26.8. The molecule has 31 heavy (non-hydrogen) atoms. The van der Waals surface area contributed by atoms with E-state index in [1.54, 1.807) is 6.20 Å². The van der Waals surface area contributed by atoms with Gasteiger partial charge in [0, 0.05) is 17.9 Å². The van der Waals surface area contributed by atoms with E-state index in [9.17, 15) is 9.59 Å². The minimum absolute atomic E-state index is 0.170. The molecule has 2 aromatic rings. The summed E-state index contributed by atoms with van der Waals surface area (Å²) >= 11 is 0. The number of carbonyl (C=O) groups is 2. The van der Waals surface area contributed by atoms with Crippen molar-refractivity contribution in [2.24, 2.45) is 0 Å². The van der Waals surface area contributed by atoms with E-state index < -0.39 is 11.7 Å². The Labute approximate surface area is 183 Å². The van der Waals surface area contributed by atoms with Gasteiger partial charge in [0.2, 0.25) is 0 Å². The molecule has 0 aliphatic carbocycles. The lowest BCUT2D eigenvalue weighted by molar-refractivity contribution is 0.0523. The maximum Gasteiger partial charge on any atom is 0.407 e. The zero-order valence-electron chi connectivity index (χ0n) is 19.1. The van der Waals surface area contributed by atoms with E-state index in [4.69, 9.17) is 4.74 Å². The molecule has 1 aromatic heterocycles. The van der Waals surface area contributed by atoms with Crippen molar-refractivity contribution in [2.75, 3.05) is 25.5 Å². The van der Waals surface area contributed by atoms with Crippen LogP contribution in [0.4, 0.5) is 10.5 Å². The van der Waals surface area contributed by atoms with E-state index in [0.717, 1.165) is 37.2 Å². The van der Waals surface area contributed by atoms with Gasteiger partial charge in [-0.25, -0.2) is 4.79 Å². The average molecular weight is 428 g/mol. The second kappa shape index (κ2) is 9.51. The number of amides is 2. The van der Waals surface area contributed by atoms with Gasteiger partial charge in [0.1, 0.15) is 5.60 Å². The van der Waals surface area contributed by atoms with Gasteiger partial charge in [0.15, 0.2) is 0 Å². The van der Waals surface area contributed by atoms with Crippen molar-refractivity contribution in [1.29, 1.82) is 0 Å². The third-order valence-electron chi connectivity index (χ3n) is 5.37. The SMILES string of the molecule is Cc1c(C(=O)Nc2ccc(CNC(=O)OC(C)(C)C)cc2)cnn1C1CCN(C)CC1. The predicted molar refractivity (Wildman–Crippen MR) is 120 cm³/mol. The fourth-order valence-electron chi connectivity index (χ4n) is 3.65. The molecule has 1 aliphatic rings. The van der Waals surface area contributed by atoms with Crippen LogP contribution >= 0.6 is 0 Å². The third kappa shape index (κ3) is 6.30. The lowest BCUT2D eigenvalue weighted by atomic mass is 10.1. The van der Waals surface area contributed by atoms with E-state index in [-0.39, 0.29) is 5.91 Å². The van der Waals surface area contributed by atoms with Crippen LogP contribution < -0.4 is 10.6 Å². The zero-order valence-corrected chi connectivity index (χ0v) is 19.1. The van der Waals surface area contributed by atoms with Gasteiger partial charge in [-0.2, -0.15) is 5.10 Å². The highest BCUT2D eigenvalue weighted by molar-refractivity contribution is 6.04. The zero-order chi connectivity index (χ0) is 22.6. The van der Waals surface area contributed by atoms with Gasteiger partial charge in [0.05, 0.1) is 17.8 Å². The molecule has 2 N–H and O–H groups in total. The van der Waals surface area contributed by atoms with Gasteiger partial charge in [0.25, 0.3) is 5.91 Å². The van der Waals surface area contributed by atoms with Gasteiger partial charge in [-0.1, -0.05) is 12.1 Å². The van der Waals surface area contributed by atoms with Crippen molar-refractivity contribution in [3.63, 3.8) is 0 Å². The molecule has 168 valence electrons. The average Bonchev–Trinajstić information content (AvgIpc) is 3.08. The Morgan fingerprint density at radius 3 is 2.42 bits per heavy atom. The van der Waals surface area contributed by atoms with Crippen LogP contribution in [0.3, 0.4) is 0 Å². The van der Waals surface area contributed by atoms with E-state index >= 15 is 0 Å². The lowest BCUT2D eigenvalue weighted by Crippen LogP contribution is -2.32. The topological polar surface area (TPSA) is 88.5 Å². The highest BCUT2D eigenvalue weighted by atomic mass is 16.6. The molecule has 1 aromatic carbocycles. The fraction of sp³-hybridized carbons (Fsp3) is 0.522. The monoisotopic (exact) mass is 427 g/mol. The molecule has 1 fully saturated rings. The molecule has 0 atom stereocenters. The first-order valence-corrected chi connectivity index (χ1v) is 10.7. The Kier molecular flexibility index (Phi) is 7.00. The molecule has 8 nitrogen and oxygen atoms in total. The first kappa shape index (κ1) is 22.8. The summed E-state index contributed by atoms with van der Waals surface area (Å²) in [6.45, 7) is 9.86. The molecular weight excluding hydrogens is 394 g/mol. The van der Waals surface area contributed by atoms with E-state index in [2.05, 4.69) is 27.7 Å². The molecule has 0 unspecified atom stereocenters. The molecule has 0 saturated carbocycles. The van der Waals surface area contributed by atoms with Crippen molar-refractivity contribution in [1.82, 2.24) is 20.0 Å². The fourth-order valence-corrected chi connectivity index (χ4v) is 3.65. The number of hydrogen-bond donors (Lipinski definition) is 2. The number of alkyl carbamates (subject to hydrolysis) is 1. The summed E-state index contributed by atoms with van der Waals surface area (Å²) in [6, 6.07) is 7.71. The summed E-state index contributed by atoms with van der Waals surface area (Å²) < 4.78 is 7.22. The molecule has 1 aliphatic heterocycles. The molecule has 0 bridgehead atoms. The first-order chi connectivity index (χ1) is 14.6. The molecule has 3 rings (SSSR count). The third-order valence-corrected chi connectivity index (χ3v) is 5.37. The van der Waals surface area contributed by atoms with Crippen LogP contribution in [-0.2, 0) is 11.3 Å². The highest BCUT2D eigenvalue weighted by Crippen LogP contribution is 2.24. The Bertz CT molecular complexity index is 906. The summed E-state index contributed by atoms with van der Waals surface area (Å²) in [7, 11) is 2.13. The lowest BCUT2D eigenvalue weighted by Gasteiger charge is -2.29. The highest BCUT2D eigenvalue weighted by Gasteiger charge is 2.23. The number of hydrogen-bond acceptors (Lipinski definition) is 5. The van der Waals surface area contributed by atoms with Gasteiger partial charge in [-0.15, -0.1) is 0 Å². The molecule has 0 radical (unpaired) electrons. The van der Waals surface area contributed by atoms with E-state index in [1.165, 1.54) is 0 Å². The Balaban J connectivity index is 1.56. The summed E-state index contributed by atoms with van der Waals surface area (Å²) in [5.41, 5.74) is 2.56. The van der Waals surface area contributed by atoms with Crippen LogP contribution in [0.1, 0.15) is 61.3 Å². The molecule has 0 spiro atoms. The number of aromatic nitrogens is 2. The van der Waals surface area contributed by atoms with Gasteiger partial charge in [-0.3, -0.25) is 9.48 Å². The van der Waals surface area contributed by atoms with Crippen molar-refractivity contribution in [2.45, 2.75) is 58.7 Å². The first-order valence-electron chi connectivity index (χ1n) is 10.7. The summed E-state index contributed by atoms with van der Waals surface area (Å²) in [5, 5.41) is 10.1. The second-order valence-corrected chi connectivity index (χ2v) is 9.13. The maximum atomic E-state index is 12.8. The van der Waals surface area contributed by atoms with Crippen molar-refractivity contribution in [3.8, 4) is 0 Å². The maximum absolute atomic E-state index is 12.8. The quantitative estimate of drug-likeness (QED) is 0.759. The smallest absolute Gasteiger partial charge is 0.407 e. The molecule has 2 amide bonds. The largest absolute Gasteiger partial charge is 0.444 e. The summed E-state index contributed by atoms with van der Waals surface area (Å²) in [5.74, 6) is -0.170. The number of nitrogens with one attached hydrogen (secondary N) is 2. The van der Waals surface area contributed by atoms with Crippen LogP contribution in [0, 0.1) is 6.92 Å². The van der Waals surface area contributed by atoms with Crippen molar-refractivity contribution in [3.05, 3.63) is 47.3 Å². The normalized spacial score (nSPS) is 15.5. The number of piperidine rings is 1. The Morgan fingerprint density at radius 2 is 1.81 bits per heavy atom. The van der Waals surface area contributed by atoms with Crippen LogP contribution in [0.25, 0.3) is 0 Å². The van der Waals surface area contributed by atoms with Crippen LogP contribution in [0.5, 0.6) is 0 Å². The van der Waals surface area contributed by atoms with Crippen molar-refractivity contribution < 1.29 is 14.3 Å². The molecule has 8 heteroatoms. The van der Waals surface area contributed by atoms with Gasteiger partial charge >= 0.3 is 6.09 Å². The Hall–Kier alpha value is -2.87. The van der Waals surface area contributed by atoms with Crippen LogP contribution in [-0.4, -0.2) is 52.4 Å². The summed E-state index contributed by atoms with van der Waals surface area (Å²) in [6.07, 6.45) is 3.28. The standard InChI is InChI=1S/C23H33N5O3/c1-16-20(15-25-28(16)19-10-12-27(5)13-11-19)21(29)26-18-8-6-17(7-9-18)14-24-22(30)31-23(2,3)4/h6-9,15,19H,10-14H2,1-5H3,(H,24,30)(H,26,29). The molecule has 1 saturated heterocycles. The van der Waals surface area contributed by atoms with Crippen LogP contribution in [0.15, 0.2) is 30.5 Å². The second-order valence-electron chi connectivity index (χ2n) is 9.13. The predicted octanol–water partition coefficient (Wildman–Crippen LogP) is 3.74. The van der Waals surface area contributed by atoms with E-state index in [1.807, 2.05) is 56.6 Å². The number of rotatable bonds is 5. The number of ether oxygens (including phenoxy) is 1. The Morgan fingerprint density at radius 1 is 1.16 bits per heavy atom. The number of nitrogens with zero attached hydrogens (tertiary/aromatic N) is 3. The van der Waals surface area contributed by atoms with Crippen molar-refractivity contribution >= 4 is 17.7 Å². The van der Waals surface area contributed by atoms with Gasteiger partial charge in [-0.05, 0) is 78.4 Å². The van der Waals surface area contributed by atoms with Gasteiger partial charge < -0.3 is 20.3 Å². The number of likely N-dealkylation sites (tertiary alicyclic amines) is 1. The molecule has 2 heterocycles. The molecular formula is C23H33N5O3. The minimum atomic E-state index is -0.530. The number of carbonyl (C=O) groups excluding carboxylic acids is 2. The number of benzene rings is 1. The number of anilines is 1. The van der Waals surface area contributed by atoms with E-state index in [0.29, 0.717) is 23.8 Å².